The Kier molecular flexibility index (Phi) is 15.4. The minimum absolute atomic E-state index is 0.0111. The zero-order chi connectivity index (χ0) is 39.3. The Hall–Kier alpha value is -5.00. The van der Waals surface area contributed by atoms with Crippen LogP contribution in [0, 0.1) is 23.0 Å². The molecule has 17 heteroatoms. The second-order valence-corrected chi connectivity index (χ2v) is 13.1. The summed E-state index contributed by atoms with van der Waals surface area (Å²) in [6, 6.07) is 9.49. The number of ether oxygens (including phenoxy) is 3. The highest BCUT2D eigenvalue weighted by molar-refractivity contribution is 5.81. The average Bonchev–Trinajstić information content (AvgIpc) is 3.63. The molecular formula is C37H45F3N4O10. The lowest BCUT2D eigenvalue weighted by Gasteiger charge is -2.19. The molecule has 0 amide bonds. The summed E-state index contributed by atoms with van der Waals surface area (Å²) < 4.78 is 55.9. The molecule has 1 heterocycles. The van der Waals surface area contributed by atoms with E-state index in [0.29, 0.717) is 41.9 Å². The van der Waals surface area contributed by atoms with Crippen molar-refractivity contribution >= 4 is 22.8 Å². The number of alkyl halides is 3. The molecule has 1 aliphatic rings. The van der Waals surface area contributed by atoms with Crippen LogP contribution in [0.3, 0.4) is 0 Å². The van der Waals surface area contributed by atoms with Crippen molar-refractivity contribution < 1.29 is 62.0 Å². The molecule has 3 aromatic rings. The fourth-order valence-corrected chi connectivity index (χ4v) is 5.99. The fourth-order valence-electron chi connectivity index (χ4n) is 5.99. The van der Waals surface area contributed by atoms with Gasteiger partial charge in [-0.2, -0.15) is 18.3 Å². The maximum absolute atomic E-state index is 12.9. The number of halogens is 3. The van der Waals surface area contributed by atoms with E-state index in [1.54, 1.807) is 35.2 Å². The van der Waals surface area contributed by atoms with Crippen LogP contribution in [-0.2, 0) is 31.9 Å². The van der Waals surface area contributed by atoms with Gasteiger partial charge in [-0.25, -0.2) is 0 Å². The molecule has 0 aliphatic heterocycles. The van der Waals surface area contributed by atoms with E-state index in [1.807, 2.05) is 19.1 Å². The highest BCUT2D eigenvalue weighted by Crippen LogP contribution is 2.36. The first-order chi connectivity index (χ1) is 25.7. The monoisotopic (exact) mass is 762 g/mol. The zero-order valence-electron chi connectivity index (χ0n) is 29.9. The number of aliphatic hydroxyl groups excluding tert-OH is 3. The lowest BCUT2D eigenvalue weighted by molar-refractivity contribution is -0.566. The number of carbonyl (C=O) groups is 2. The van der Waals surface area contributed by atoms with Crippen molar-refractivity contribution in [1.29, 1.82) is 0 Å². The number of rotatable bonds is 19. The van der Waals surface area contributed by atoms with Gasteiger partial charge in [0.25, 0.3) is 6.79 Å². The maximum atomic E-state index is 12.9. The molecule has 4 rings (SSSR count). The largest absolute Gasteiger partial charge is 0.597 e. The summed E-state index contributed by atoms with van der Waals surface area (Å²) in [4.78, 5) is 28.3. The molecule has 2 aromatic carbocycles. The van der Waals surface area contributed by atoms with Crippen LogP contribution in [0.2, 0.25) is 0 Å². The number of esters is 2. The Labute approximate surface area is 309 Å². The van der Waals surface area contributed by atoms with Gasteiger partial charge in [-0.15, -0.1) is 0 Å². The van der Waals surface area contributed by atoms with Crippen LogP contribution in [0.1, 0.15) is 51.5 Å². The highest BCUT2D eigenvalue weighted by atomic mass is 19.4. The number of hydroxylamine groups is 1. The molecule has 0 spiro atoms. The number of fused-ring (bicyclic) bond motifs is 1. The van der Waals surface area contributed by atoms with Gasteiger partial charge in [0.1, 0.15) is 24.2 Å². The minimum Gasteiger partial charge on any atom is -0.597 e. The third kappa shape index (κ3) is 13.1. The predicted octanol–water partition coefficient (Wildman–Crippen LogP) is 5.48. The van der Waals surface area contributed by atoms with Crippen LogP contribution in [0.25, 0.3) is 10.9 Å². The van der Waals surface area contributed by atoms with Crippen LogP contribution in [-0.4, -0.2) is 80.2 Å². The molecule has 0 saturated heterocycles. The van der Waals surface area contributed by atoms with Gasteiger partial charge >= 0.3 is 18.1 Å². The Morgan fingerprint density at radius 1 is 1.15 bits per heavy atom. The number of unbranched alkanes of at least 4 members (excludes halogenated alkanes) is 1. The number of carbonyl (C=O) groups excluding carboxylic acids is 2. The standard InChI is InChI=1S/C37H45F3N4O10/c1-24(21-44(50)42-53-23-52-25(2)45)20-43-33-17-30(14-12-26(33)19-41-43)54-36(49)11-6-4-3-5-10-31-32(35(48)18-34(31)47)15-13-28(46)22-51-29-9-7-8-27(16-29)37(38,39)40/h3,5,7-9,12-17,19,24,28,31-32,34-35,46-48H,4,6,10-11,18,20-23H2,1-2H3/b5-3-,15-13+,44-42-/t24-,28+,31+,32+,34-,35+/m0/s1. The van der Waals surface area contributed by atoms with E-state index >= 15 is 0 Å². The van der Waals surface area contributed by atoms with Crippen LogP contribution in [0.5, 0.6) is 11.5 Å². The van der Waals surface area contributed by atoms with Crippen LogP contribution in [0.15, 0.2) is 78.2 Å². The summed E-state index contributed by atoms with van der Waals surface area (Å²) in [6.45, 7) is 2.62. The summed E-state index contributed by atoms with van der Waals surface area (Å²) in [6.07, 6.45) is 2.95. The lowest BCUT2D eigenvalue weighted by Crippen LogP contribution is -2.21. The van der Waals surface area contributed by atoms with Gasteiger partial charge in [0.05, 0.1) is 36.0 Å². The second-order valence-electron chi connectivity index (χ2n) is 13.1. The zero-order valence-corrected chi connectivity index (χ0v) is 29.9. The first kappa shape index (κ1) is 41.8. The van der Waals surface area contributed by atoms with Gasteiger partial charge in [0, 0.05) is 43.1 Å². The molecular weight excluding hydrogens is 717 g/mol. The van der Waals surface area contributed by atoms with Crippen molar-refractivity contribution in [2.45, 2.75) is 77.0 Å². The summed E-state index contributed by atoms with van der Waals surface area (Å²) in [5.74, 6) is -1.67. The molecule has 294 valence electrons. The molecule has 3 N–H and O–H groups in total. The Balaban J connectivity index is 1.19. The van der Waals surface area contributed by atoms with E-state index in [1.165, 1.54) is 25.1 Å². The highest BCUT2D eigenvalue weighted by Gasteiger charge is 2.39. The van der Waals surface area contributed by atoms with Crippen molar-refractivity contribution in [1.82, 2.24) is 9.78 Å². The van der Waals surface area contributed by atoms with Gasteiger partial charge in [0.2, 0.25) is 5.28 Å². The van der Waals surface area contributed by atoms with Gasteiger partial charge in [-0.3, -0.25) is 14.3 Å². The molecule has 0 radical (unpaired) electrons. The summed E-state index contributed by atoms with van der Waals surface area (Å²) in [5, 5.41) is 51.9. The number of allylic oxidation sites excluding steroid dienone is 2. The smallest absolute Gasteiger partial charge is 0.416 e. The van der Waals surface area contributed by atoms with E-state index in [9.17, 15) is 43.3 Å². The first-order valence-corrected chi connectivity index (χ1v) is 17.4. The molecule has 6 atom stereocenters. The SMILES string of the molecule is CC(=O)OCO/N=[N+](\[O-])C[C@@H](C)Cn1ncc2ccc(OC(=O)CCC/C=C\C[C@@H]3[C@@H](/C=C/[C@@H](O)COc4cccc(C(F)(F)F)c4)[C@H](O)C[C@@H]3O)cc21. The van der Waals surface area contributed by atoms with Crippen LogP contribution < -0.4 is 9.47 Å². The lowest BCUT2D eigenvalue weighted by atomic mass is 9.89. The van der Waals surface area contributed by atoms with Crippen molar-refractivity contribution in [2.75, 3.05) is 19.9 Å². The van der Waals surface area contributed by atoms with E-state index in [0.717, 1.165) is 17.5 Å². The van der Waals surface area contributed by atoms with E-state index in [2.05, 4.69) is 20.0 Å². The topological polar surface area (TPSA) is 188 Å². The Morgan fingerprint density at radius 3 is 2.70 bits per heavy atom. The third-order valence-electron chi connectivity index (χ3n) is 8.64. The van der Waals surface area contributed by atoms with Crippen LogP contribution >= 0.6 is 0 Å². The van der Waals surface area contributed by atoms with Gasteiger partial charge in [-0.05, 0) is 55.5 Å². The number of aliphatic hydroxyl groups is 3. The normalized spacial score (nSPS) is 20.4. The van der Waals surface area contributed by atoms with Crippen molar-refractivity contribution in [2.24, 2.45) is 23.0 Å². The quantitative estimate of drug-likeness (QED) is 0.0205. The second kappa shape index (κ2) is 19.9. The number of hydrogen-bond acceptors (Lipinski definition) is 12. The average molecular weight is 763 g/mol. The number of nitrogens with zero attached hydrogens (tertiary/aromatic N) is 4. The molecule has 0 unspecified atom stereocenters. The van der Waals surface area contributed by atoms with E-state index < -0.39 is 54.7 Å². The van der Waals surface area contributed by atoms with Gasteiger partial charge in [-0.1, -0.05) is 42.2 Å². The van der Waals surface area contributed by atoms with Crippen LogP contribution in [0.4, 0.5) is 13.2 Å². The molecule has 1 aliphatic carbocycles. The molecule has 1 saturated carbocycles. The molecule has 1 aromatic heterocycles. The van der Waals surface area contributed by atoms with E-state index in [-0.39, 0.29) is 43.6 Å². The summed E-state index contributed by atoms with van der Waals surface area (Å²) in [7, 11) is 0. The molecule has 1 fully saturated rings. The third-order valence-corrected chi connectivity index (χ3v) is 8.64. The maximum Gasteiger partial charge on any atom is 0.416 e. The molecule has 14 nitrogen and oxygen atoms in total. The fraction of sp³-hybridized carbons (Fsp3) is 0.486. The Morgan fingerprint density at radius 2 is 1.94 bits per heavy atom. The molecule has 0 bridgehead atoms. The van der Waals surface area contributed by atoms with E-state index in [4.69, 9.17) is 9.47 Å². The summed E-state index contributed by atoms with van der Waals surface area (Å²) in [5.41, 5.74) is -0.153. The summed E-state index contributed by atoms with van der Waals surface area (Å²) >= 11 is 0. The van der Waals surface area contributed by atoms with Crippen molar-refractivity contribution in [3.05, 3.63) is 83.7 Å². The van der Waals surface area contributed by atoms with Crippen molar-refractivity contribution in [3.8, 4) is 11.5 Å². The van der Waals surface area contributed by atoms with Crippen molar-refractivity contribution in [3.63, 3.8) is 0 Å². The number of hydrogen-bond donors (Lipinski definition) is 3. The van der Waals surface area contributed by atoms with Gasteiger partial charge < -0.3 is 39.6 Å². The predicted molar refractivity (Wildman–Crippen MR) is 186 cm³/mol. The minimum atomic E-state index is -4.52. The molecule has 54 heavy (non-hydrogen) atoms. The van der Waals surface area contributed by atoms with Gasteiger partial charge in [0.15, 0.2) is 6.54 Å². The first-order valence-electron chi connectivity index (χ1n) is 17.4. The number of benzene rings is 2. The number of aromatic nitrogens is 2. The Bertz CT molecular complexity index is 1780.